The minimum Gasteiger partial charge on any atom is -0.508 e. The van der Waals surface area contributed by atoms with Gasteiger partial charge in [-0.15, -0.1) is 0 Å². The molecule has 3 aromatic carbocycles. The number of aryl methyl sites for hydroxylation is 2. The molecule has 3 aromatic rings. The van der Waals surface area contributed by atoms with E-state index < -0.39 is 0 Å². The number of ketones is 1. The normalized spacial score (nSPS) is 10.6. The highest BCUT2D eigenvalue weighted by atomic mass is 16.5. The van der Waals surface area contributed by atoms with E-state index in [9.17, 15) is 20.1 Å². The molecule has 0 spiro atoms. The number of methoxy groups -OCH3 is 1. The molecular formula is C23H22O5. The first kappa shape index (κ1) is 19.3. The molecular weight excluding hydrogens is 356 g/mol. The van der Waals surface area contributed by atoms with Crippen molar-refractivity contribution in [2.75, 3.05) is 7.11 Å². The quantitative estimate of drug-likeness (QED) is 0.536. The van der Waals surface area contributed by atoms with Crippen LogP contribution in [0.2, 0.25) is 0 Å². The van der Waals surface area contributed by atoms with Gasteiger partial charge in [0.05, 0.1) is 12.7 Å². The van der Waals surface area contributed by atoms with Crippen LogP contribution in [0.3, 0.4) is 0 Å². The Kier molecular flexibility index (Phi) is 5.84. The number of phenols is 3. The SMILES string of the molecule is COc1cc(O)c(C(=O)c2ccc(O)cc2)cc1CCCc1ccc(O)cc1. The van der Waals surface area contributed by atoms with Gasteiger partial charge in [0.1, 0.15) is 23.0 Å². The molecule has 3 rings (SSSR count). The second-order valence-electron chi connectivity index (χ2n) is 6.58. The molecule has 0 aromatic heterocycles. The largest absolute Gasteiger partial charge is 0.508 e. The average molecular weight is 378 g/mol. The van der Waals surface area contributed by atoms with Gasteiger partial charge in [0.25, 0.3) is 0 Å². The molecule has 0 unspecified atom stereocenters. The lowest BCUT2D eigenvalue weighted by Gasteiger charge is -2.13. The minimum atomic E-state index is -0.320. The number of carbonyl (C=O) groups excluding carboxylic acids is 1. The van der Waals surface area contributed by atoms with E-state index in [1.54, 1.807) is 18.2 Å². The van der Waals surface area contributed by atoms with Crippen LogP contribution in [-0.4, -0.2) is 28.2 Å². The smallest absolute Gasteiger partial charge is 0.196 e. The summed E-state index contributed by atoms with van der Waals surface area (Å²) in [5.41, 5.74) is 2.52. The predicted molar refractivity (Wildman–Crippen MR) is 106 cm³/mol. The number of ether oxygens (including phenoxy) is 1. The van der Waals surface area contributed by atoms with Crippen molar-refractivity contribution in [3.05, 3.63) is 82.9 Å². The molecule has 0 fully saturated rings. The minimum absolute atomic E-state index is 0.0745. The number of aromatic hydroxyl groups is 3. The van der Waals surface area contributed by atoms with Crippen LogP contribution in [0.4, 0.5) is 0 Å². The molecule has 0 bridgehead atoms. The van der Waals surface area contributed by atoms with Crippen molar-refractivity contribution in [3.63, 3.8) is 0 Å². The Morgan fingerprint density at radius 3 is 2.07 bits per heavy atom. The van der Waals surface area contributed by atoms with E-state index in [1.807, 2.05) is 12.1 Å². The highest BCUT2D eigenvalue weighted by Crippen LogP contribution is 2.31. The highest BCUT2D eigenvalue weighted by Gasteiger charge is 2.17. The molecule has 3 N–H and O–H groups in total. The van der Waals surface area contributed by atoms with E-state index in [0.717, 1.165) is 24.0 Å². The van der Waals surface area contributed by atoms with Gasteiger partial charge in [0.2, 0.25) is 0 Å². The Labute approximate surface area is 163 Å². The second-order valence-corrected chi connectivity index (χ2v) is 6.58. The molecule has 144 valence electrons. The van der Waals surface area contributed by atoms with Crippen molar-refractivity contribution < 1.29 is 24.9 Å². The first-order chi connectivity index (χ1) is 13.5. The van der Waals surface area contributed by atoms with Crippen molar-refractivity contribution in [2.45, 2.75) is 19.3 Å². The third-order valence-electron chi connectivity index (χ3n) is 4.62. The molecule has 0 heterocycles. The first-order valence-corrected chi connectivity index (χ1v) is 8.99. The van der Waals surface area contributed by atoms with E-state index in [2.05, 4.69) is 0 Å². The predicted octanol–water partition coefficient (Wildman–Crippen LogP) is 4.22. The van der Waals surface area contributed by atoms with Gasteiger partial charge in [-0.25, -0.2) is 0 Å². The van der Waals surface area contributed by atoms with Gasteiger partial charge >= 0.3 is 0 Å². The van der Waals surface area contributed by atoms with E-state index >= 15 is 0 Å². The van der Waals surface area contributed by atoms with Crippen LogP contribution in [0.25, 0.3) is 0 Å². The Morgan fingerprint density at radius 2 is 1.46 bits per heavy atom. The summed E-state index contributed by atoms with van der Waals surface area (Å²) >= 11 is 0. The highest BCUT2D eigenvalue weighted by molar-refractivity contribution is 6.11. The van der Waals surface area contributed by atoms with Gasteiger partial charge in [-0.2, -0.15) is 0 Å². The molecule has 0 aliphatic carbocycles. The average Bonchev–Trinajstić information content (AvgIpc) is 2.70. The van der Waals surface area contributed by atoms with Crippen molar-refractivity contribution in [1.82, 2.24) is 0 Å². The van der Waals surface area contributed by atoms with Gasteiger partial charge in [-0.3, -0.25) is 4.79 Å². The molecule has 0 atom stereocenters. The monoisotopic (exact) mass is 378 g/mol. The summed E-state index contributed by atoms with van der Waals surface area (Å²) in [4.78, 5) is 12.8. The van der Waals surface area contributed by atoms with Crippen LogP contribution in [0.5, 0.6) is 23.0 Å². The Hall–Kier alpha value is -3.47. The summed E-state index contributed by atoms with van der Waals surface area (Å²) in [5, 5.41) is 29.0. The number of carbonyl (C=O) groups is 1. The molecule has 5 nitrogen and oxygen atoms in total. The van der Waals surface area contributed by atoms with Gasteiger partial charge in [-0.05, 0) is 72.9 Å². The number of phenolic OH excluding ortho intramolecular Hbond substituents is 3. The number of hydrogen-bond donors (Lipinski definition) is 3. The van der Waals surface area contributed by atoms with Crippen LogP contribution in [0.15, 0.2) is 60.7 Å². The van der Waals surface area contributed by atoms with E-state index in [4.69, 9.17) is 4.74 Å². The Morgan fingerprint density at radius 1 is 0.857 bits per heavy atom. The fourth-order valence-corrected chi connectivity index (χ4v) is 3.10. The molecule has 28 heavy (non-hydrogen) atoms. The maximum absolute atomic E-state index is 12.8. The van der Waals surface area contributed by atoms with E-state index in [1.165, 1.54) is 37.4 Å². The zero-order valence-corrected chi connectivity index (χ0v) is 15.6. The van der Waals surface area contributed by atoms with Crippen molar-refractivity contribution in [2.24, 2.45) is 0 Å². The summed E-state index contributed by atoms with van der Waals surface area (Å²) in [5.74, 6) is 0.384. The van der Waals surface area contributed by atoms with Crippen LogP contribution in [-0.2, 0) is 12.8 Å². The molecule has 0 aliphatic heterocycles. The van der Waals surface area contributed by atoms with Crippen LogP contribution >= 0.6 is 0 Å². The molecule has 0 saturated carbocycles. The molecule has 0 amide bonds. The van der Waals surface area contributed by atoms with Gasteiger partial charge in [0, 0.05) is 11.6 Å². The van der Waals surface area contributed by atoms with Crippen molar-refractivity contribution in [3.8, 4) is 23.0 Å². The van der Waals surface area contributed by atoms with Crippen LogP contribution in [0.1, 0.15) is 33.5 Å². The zero-order chi connectivity index (χ0) is 20.1. The lowest BCUT2D eigenvalue weighted by atomic mass is 9.96. The van der Waals surface area contributed by atoms with Crippen molar-refractivity contribution in [1.29, 1.82) is 0 Å². The lowest BCUT2D eigenvalue weighted by molar-refractivity contribution is 0.103. The third-order valence-corrected chi connectivity index (χ3v) is 4.62. The fourth-order valence-electron chi connectivity index (χ4n) is 3.10. The zero-order valence-electron chi connectivity index (χ0n) is 15.6. The number of rotatable bonds is 7. The van der Waals surface area contributed by atoms with E-state index in [0.29, 0.717) is 17.7 Å². The third kappa shape index (κ3) is 4.43. The summed E-state index contributed by atoms with van der Waals surface area (Å²) in [7, 11) is 1.53. The van der Waals surface area contributed by atoms with Crippen molar-refractivity contribution >= 4 is 5.78 Å². The second kappa shape index (κ2) is 8.48. The molecule has 5 heteroatoms. The maximum Gasteiger partial charge on any atom is 0.196 e. The number of benzene rings is 3. The molecule has 0 radical (unpaired) electrons. The Balaban J connectivity index is 1.80. The maximum atomic E-state index is 12.8. The summed E-state index contributed by atoms with van der Waals surface area (Å²) in [6.45, 7) is 0. The fraction of sp³-hybridized carbons (Fsp3) is 0.174. The number of hydrogen-bond acceptors (Lipinski definition) is 5. The molecule has 0 aliphatic rings. The van der Waals surface area contributed by atoms with Gasteiger partial charge in [0.15, 0.2) is 5.78 Å². The Bertz CT molecular complexity index is 960. The topological polar surface area (TPSA) is 87.0 Å². The first-order valence-electron chi connectivity index (χ1n) is 8.99. The summed E-state index contributed by atoms with van der Waals surface area (Å²) in [6.07, 6.45) is 2.30. The lowest BCUT2D eigenvalue weighted by Crippen LogP contribution is -2.04. The van der Waals surface area contributed by atoms with Crippen LogP contribution in [0, 0.1) is 0 Å². The van der Waals surface area contributed by atoms with Gasteiger partial charge in [-0.1, -0.05) is 12.1 Å². The van der Waals surface area contributed by atoms with Gasteiger partial charge < -0.3 is 20.1 Å². The molecule has 0 saturated heterocycles. The summed E-state index contributed by atoms with van der Waals surface area (Å²) < 4.78 is 5.36. The standard InChI is InChI=1S/C23H22O5/c1-28-22-14-21(26)20(23(27)16-7-11-19(25)12-8-16)13-17(22)4-2-3-15-5-9-18(24)10-6-15/h5-14,24-26H,2-4H2,1H3. The van der Waals surface area contributed by atoms with E-state index in [-0.39, 0.29) is 28.6 Å². The van der Waals surface area contributed by atoms with Crippen LogP contribution < -0.4 is 4.74 Å². The summed E-state index contributed by atoms with van der Waals surface area (Å²) in [6, 6.07) is 16.1.